The molecular weight excluding hydrogens is 306 g/mol. The summed E-state index contributed by atoms with van der Waals surface area (Å²) in [6.45, 7) is 6.90. The summed E-state index contributed by atoms with van der Waals surface area (Å²) in [6, 6.07) is 5.35. The monoisotopic (exact) mass is 329 g/mol. The maximum absolute atomic E-state index is 12.8. The highest BCUT2D eigenvalue weighted by Gasteiger charge is 2.32. The molecule has 0 bridgehead atoms. The first-order valence-corrected chi connectivity index (χ1v) is 8.30. The van der Waals surface area contributed by atoms with Crippen LogP contribution in [0.4, 0.5) is 0 Å². The molecule has 0 saturated carbocycles. The van der Waals surface area contributed by atoms with E-state index in [0.29, 0.717) is 35.6 Å². The van der Waals surface area contributed by atoms with E-state index in [9.17, 15) is 9.59 Å². The fourth-order valence-electron chi connectivity index (χ4n) is 3.17. The molecule has 0 N–H and O–H groups in total. The van der Waals surface area contributed by atoms with Gasteiger partial charge in [-0.15, -0.1) is 0 Å². The Morgan fingerprint density at radius 1 is 1.38 bits per heavy atom. The van der Waals surface area contributed by atoms with Gasteiger partial charge < -0.3 is 14.2 Å². The minimum atomic E-state index is -0.0543. The molecule has 1 atom stereocenters. The van der Waals surface area contributed by atoms with Gasteiger partial charge in [-0.1, -0.05) is 13.8 Å². The van der Waals surface area contributed by atoms with Crippen molar-refractivity contribution in [2.75, 3.05) is 20.1 Å². The van der Waals surface area contributed by atoms with E-state index >= 15 is 0 Å². The minimum Gasteiger partial charge on any atom is -0.441 e. The quantitative estimate of drug-likeness (QED) is 0.867. The Labute approximate surface area is 141 Å². The summed E-state index contributed by atoms with van der Waals surface area (Å²) in [4.78, 5) is 32.7. The van der Waals surface area contributed by atoms with E-state index in [-0.39, 0.29) is 23.8 Å². The number of carbonyl (C=O) groups excluding carboxylic acids is 2. The highest BCUT2D eigenvalue weighted by molar-refractivity contribution is 5.97. The Kier molecular flexibility index (Phi) is 4.30. The maximum atomic E-state index is 12.8. The maximum Gasteiger partial charge on any atom is 0.253 e. The number of rotatable bonds is 3. The highest BCUT2D eigenvalue weighted by Crippen LogP contribution is 2.21. The molecule has 1 saturated heterocycles. The van der Waals surface area contributed by atoms with Crippen LogP contribution in [-0.2, 0) is 4.79 Å². The molecule has 6 heteroatoms. The van der Waals surface area contributed by atoms with Gasteiger partial charge in [0.15, 0.2) is 11.5 Å². The molecule has 1 aliphatic rings. The third kappa shape index (κ3) is 3.00. The van der Waals surface area contributed by atoms with Crippen molar-refractivity contribution in [1.29, 1.82) is 0 Å². The van der Waals surface area contributed by atoms with Crippen molar-refractivity contribution in [2.45, 2.75) is 33.2 Å². The van der Waals surface area contributed by atoms with Crippen molar-refractivity contribution in [3.63, 3.8) is 0 Å². The van der Waals surface area contributed by atoms with Crippen LogP contribution in [0.1, 0.15) is 36.5 Å². The van der Waals surface area contributed by atoms with Gasteiger partial charge >= 0.3 is 0 Å². The van der Waals surface area contributed by atoms with Crippen LogP contribution in [0.15, 0.2) is 22.6 Å². The van der Waals surface area contributed by atoms with Gasteiger partial charge in [-0.25, -0.2) is 4.98 Å². The SMILES string of the molecule is Cc1nc2cc(C(=O)N(C)C3CCN(C(=O)C(C)C)C3)ccc2o1. The zero-order valence-corrected chi connectivity index (χ0v) is 14.6. The minimum absolute atomic E-state index is 0.0115. The second-order valence-corrected chi connectivity index (χ2v) is 6.71. The van der Waals surface area contributed by atoms with Crippen LogP contribution < -0.4 is 0 Å². The highest BCUT2D eigenvalue weighted by atomic mass is 16.3. The van der Waals surface area contributed by atoms with Crippen LogP contribution in [-0.4, -0.2) is 52.8 Å². The summed E-state index contributed by atoms with van der Waals surface area (Å²) in [5.74, 6) is 0.670. The lowest BCUT2D eigenvalue weighted by Crippen LogP contribution is -2.40. The number of nitrogens with zero attached hydrogens (tertiary/aromatic N) is 3. The van der Waals surface area contributed by atoms with Crippen molar-refractivity contribution in [2.24, 2.45) is 5.92 Å². The van der Waals surface area contributed by atoms with Crippen LogP contribution in [0.3, 0.4) is 0 Å². The number of fused-ring (bicyclic) bond motifs is 1. The smallest absolute Gasteiger partial charge is 0.253 e. The summed E-state index contributed by atoms with van der Waals surface area (Å²) >= 11 is 0. The third-order valence-electron chi connectivity index (χ3n) is 4.58. The molecule has 1 aromatic carbocycles. The number of oxazole rings is 1. The van der Waals surface area contributed by atoms with Crippen LogP contribution >= 0.6 is 0 Å². The molecule has 2 amide bonds. The van der Waals surface area contributed by atoms with Gasteiger partial charge in [-0.3, -0.25) is 9.59 Å². The number of hydrogen-bond donors (Lipinski definition) is 0. The molecule has 1 fully saturated rings. The summed E-state index contributed by atoms with van der Waals surface area (Å²) in [7, 11) is 1.80. The number of likely N-dealkylation sites (tertiary alicyclic amines) is 1. The normalized spacial score (nSPS) is 17.7. The topological polar surface area (TPSA) is 66.7 Å². The fourth-order valence-corrected chi connectivity index (χ4v) is 3.17. The molecular formula is C18H23N3O3. The molecule has 0 spiro atoms. The first-order valence-electron chi connectivity index (χ1n) is 8.30. The fraction of sp³-hybridized carbons (Fsp3) is 0.500. The van der Waals surface area contributed by atoms with Gasteiger partial charge in [0.25, 0.3) is 5.91 Å². The number of likely N-dealkylation sites (N-methyl/N-ethyl adjacent to an activating group) is 1. The van der Waals surface area contributed by atoms with E-state index in [2.05, 4.69) is 4.98 Å². The first-order chi connectivity index (χ1) is 11.4. The van der Waals surface area contributed by atoms with Crippen LogP contribution in [0.25, 0.3) is 11.1 Å². The summed E-state index contributed by atoms with van der Waals surface area (Å²) in [5, 5.41) is 0. The van der Waals surface area contributed by atoms with Crippen molar-refractivity contribution < 1.29 is 14.0 Å². The molecule has 2 heterocycles. The summed E-state index contributed by atoms with van der Waals surface area (Å²) in [6.07, 6.45) is 0.812. The Morgan fingerprint density at radius 3 is 2.83 bits per heavy atom. The molecule has 3 rings (SSSR count). The molecule has 128 valence electrons. The lowest BCUT2D eigenvalue weighted by Gasteiger charge is -2.25. The molecule has 1 aromatic heterocycles. The lowest BCUT2D eigenvalue weighted by atomic mass is 10.1. The van der Waals surface area contributed by atoms with E-state index in [1.54, 1.807) is 37.1 Å². The number of amides is 2. The molecule has 6 nitrogen and oxygen atoms in total. The molecule has 0 aliphatic carbocycles. The van der Waals surface area contributed by atoms with E-state index in [1.807, 2.05) is 18.7 Å². The Balaban J connectivity index is 1.73. The van der Waals surface area contributed by atoms with Gasteiger partial charge in [-0.05, 0) is 24.6 Å². The number of carbonyl (C=O) groups is 2. The molecule has 24 heavy (non-hydrogen) atoms. The van der Waals surface area contributed by atoms with E-state index in [0.717, 1.165) is 6.42 Å². The predicted octanol–water partition coefficient (Wildman–Crippen LogP) is 2.47. The standard InChI is InChI=1S/C18H23N3O3/c1-11(2)17(22)21-8-7-14(10-21)20(4)18(23)13-5-6-16-15(9-13)19-12(3)24-16/h5-6,9,11,14H,7-8,10H2,1-4H3. The van der Waals surface area contributed by atoms with E-state index < -0.39 is 0 Å². The molecule has 1 unspecified atom stereocenters. The Bertz CT molecular complexity index is 781. The van der Waals surface area contributed by atoms with Crippen LogP contribution in [0.5, 0.6) is 0 Å². The van der Waals surface area contributed by atoms with Gasteiger partial charge in [0.1, 0.15) is 5.52 Å². The van der Waals surface area contributed by atoms with Crippen molar-refractivity contribution in [3.8, 4) is 0 Å². The number of aromatic nitrogens is 1. The average Bonchev–Trinajstić information content (AvgIpc) is 3.17. The number of aryl methyl sites for hydroxylation is 1. The van der Waals surface area contributed by atoms with E-state index in [4.69, 9.17) is 4.42 Å². The number of benzene rings is 1. The summed E-state index contributed by atoms with van der Waals surface area (Å²) in [5.41, 5.74) is 1.96. The third-order valence-corrected chi connectivity index (χ3v) is 4.58. The van der Waals surface area contributed by atoms with Crippen molar-refractivity contribution in [3.05, 3.63) is 29.7 Å². The van der Waals surface area contributed by atoms with Gasteiger partial charge in [0, 0.05) is 38.5 Å². The van der Waals surface area contributed by atoms with Crippen LogP contribution in [0, 0.1) is 12.8 Å². The second kappa shape index (κ2) is 6.26. The van der Waals surface area contributed by atoms with Crippen LogP contribution in [0.2, 0.25) is 0 Å². The Hall–Kier alpha value is -2.37. The molecule has 0 radical (unpaired) electrons. The van der Waals surface area contributed by atoms with Gasteiger partial charge in [0.05, 0.1) is 6.04 Å². The van der Waals surface area contributed by atoms with Crippen molar-refractivity contribution in [1.82, 2.24) is 14.8 Å². The number of hydrogen-bond acceptors (Lipinski definition) is 4. The largest absolute Gasteiger partial charge is 0.441 e. The lowest BCUT2D eigenvalue weighted by molar-refractivity contribution is -0.133. The molecule has 2 aromatic rings. The summed E-state index contributed by atoms with van der Waals surface area (Å²) < 4.78 is 5.45. The average molecular weight is 329 g/mol. The second-order valence-electron chi connectivity index (χ2n) is 6.71. The zero-order chi connectivity index (χ0) is 17.4. The van der Waals surface area contributed by atoms with E-state index in [1.165, 1.54) is 0 Å². The predicted molar refractivity (Wildman–Crippen MR) is 90.7 cm³/mol. The van der Waals surface area contributed by atoms with Crippen molar-refractivity contribution >= 4 is 22.9 Å². The molecule has 1 aliphatic heterocycles. The van der Waals surface area contributed by atoms with Gasteiger partial charge in [-0.2, -0.15) is 0 Å². The zero-order valence-electron chi connectivity index (χ0n) is 14.6. The first kappa shape index (κ1) is 16.5. The Morgan fingerprint density at radius 2 is 2.12 bits per heavy atom. The van der Waals surface area contributed by atoms with Gasteiger partial charge in [0.2, 0.25) is 5.91 Å².